The lowest BCUT2D eigenvalue weighted by Crippen LogP contribution is -2.29. The summed E-state index contributed by atoms with van der Waals surface area (Å²) in [5, 5.41) is 2.58. The standard InChI is InChI=1S/C16H16F4N2.H2S/c1-9(2)11(8-10-6-4-3-5-7-10)21-14-12(17)15(19)22-16(20)13(14)18;/h3-7,9,11H,8H2,1-2H3,(H,21,22);1H2/t11-;/m0./s1. The minimum absolute atomic E-state index is 0. The van der Waals surface area contributed by atoms with E-state index in [2.05, 4.69) is 10.3 Å². The van der Waals surface area contributed by atoms with Crippen LogP contribution in [0.1, 0.15) is 19.4 Å². The molecule has 0 saturated heterocycles. The monoisotopic (exact) mass is 346 g/mol. The number of hydrogen-bond acceptors (Lipinski definition) is 2. The number of hydrogen-bond donors (Lipinski definition) is 1. The molecule has 126 valence electrons. The van der Waals surface area contributed by atoms with E-state index in [-0.39, 0.29) is 19.4 Å². The summed E-state index contributed by atoms with van der Waals surface area (Å²) in [4.78, 5) is 2.55. The molecule has 1 aromatic carbocycles. The second-order valence-corrected chi connectivity index (χ2v) is 5.38. The number of anilines is 1. The number of benzene rings is 1. The van der Waals surface area contributed by atoms with Crippen molar-refractivity contribution in [3.05, 3.63) is 59.4 Å². The van der Waals surface area contributed by atoms with Crippen LogP contribution >= 0.6 is 13.5 Å². The minimum Gasteiger partial charge on any atom is -0.377 e. The van der Waals surface area contributed by atoms with Crippen molar-refractivity contribution in [3.63, 3.8) is 0 Å². The first-order chi connectivity index (χ1) is 10.4. The topological polar surface area (TPSA) is 24.9 Å². The molecular formula is C16H18F4N2S. The predicted molar refractivity (Wildman–Crippen MR) is 86.8 cm³/mol. The van der Waals surface area contributed by atoms with Gasteiger partial charge < -0.3 is 5.32 Å². The third-order valence-corrected chi connectivity index (χ3v) is 3.43. The highest BCUT2D eigenvalue weighted by molar-refractivity contribution is 7.59. The van der Waals surface area contributed by atoms with Crippen LogP contribution in [0.5, 0.6) is 0 Å². The Kier molecular flexibility index (Phi) is 6.87. The average molecular weight is 346 g/mol. The van der Waals surface area contributed by atoms with Gasteiger partial charge in [0, 0.05) is 6.04 Å². The quantitative estimate of drug-likeness (QED) is 0.640. The van der Waals surface area contributed by atoms with Gasteiger partial charge in [-0.15, -0.1) is 0 Å². The molecule has 0 amide bonds. The van der Waals surface area contributed by atoms with Gasteiger partial charge in [0.2, 0.25) is 11.6 Å². The highest BCUT2D eigenvalue weighted by Gasteiger charge is 2.24. The number of aromatic nitrogens is 1. The van der Waals surface area contributed by atoms with Crippen molar-refractivity contribution in [1.82, 2.24) is 4.98 Å². The lowest BCUT2D eigenvalue weighted by atomic mass is 9.96. The van der Waals surface area contributed by atoms with Crippen molar-refractivity contribution in [1.29, 1.82) is 0 Å². The van der Waals surface area contributed by atoms with E-state index in [1.165, 1.54) is 0 Å². The zero-order valence-electron chi connectivity index (χ0n) is 12.7. The summed E-state index contributed by atoms with van der Waals surface area (Å²) in [5.41, 5.74) is 0.129. The van der Waals surface area contributed by atoms with Gasteiger partial charge in [0.25, 0.3) is 11.9 Å². The minimum atomic E-state index is -1.66. The lowest BCUT2D eigenvalue weighted by Gasteiger charge is -2.24. The van der Waals surface area contributed by atoms with Crippen molar-refractivity contribution in [2.24, 2.45) is 5.92 Å². The summed E-state index contributed by atoms with van der Waals surface area (Å²) in [6.45, 7) is 3.70. The van der Waals surface area contributed by atoms with Gasteiger partial charge in [-0.25, -0.2) is 0 Å². The summed E-state index contributed by atoms with van der Waals surface area (Å²) in [7, 11) is 0. The van der Waals surface area contributed by atoms with E-state index in [1.54, 1.807) is 0 Å². The fourth-order valence-electron chi connectivity index (χ4n) is 2.12. The smallest absolute Gasteiger partial charge is 0.253 e. The molecule has 0 aliphatic heterocycles. The molecular weight excluding hydrogens is 328 g/mol. The Morgan fingerprint density at radius 1 is 0.957 bits per heavy atom. The molecule has 0 unspecified atom stereocenters. The second kappa shape index (κ2) is 8.19. The highest BCUT2D eigenvalue weighted by atomic mass is 32.1. The van der Waals surface area contributed by atoms with Crippen LogP contribution < -0.4 is 5.32 Å². The molecule has 1 heterocycles. The van der Waals surface area contributed by atoms with Crippen molar-refractivity contribution >= 4 is 19.2 Å². The Bertz CT molecular complexity index is 624. The van der Waals surface area contributed by atoms with Crippen LogP contribution in [-0.4, -0.2) is 11.0 Å². The van der Waals surface area contributed by atoms with Crippen LogP contribution in [0.2, 0.25) is 0 Å². The molecule has 2 aromatic rings. The number of pyridine rings is 1. The van der Waals surface area contributed by atoms with E-state index in [4.69, 9.17) is 0 Å². The largest absolute Gasteiger partial charge is 0.377 e. The summed E-state index contributed by atoms with van der Waals surface area (Å²) in [6, 6.07) is 8.90. The lowest BCUT2D eigenvalue weighted by molar-refractivity contribution is 0.406. The zero-order valence-corrected chi connectivity index (χ0v) is 13.7. The summed E-state index contributed by atoms with van der Waals surface area (Å²) < 4.78 is 53.7. The molecule has 1 aromatic heterocycles. The molecule has 7 heteroatoms. The maximum absolute atomic E-state index is 13.7. The van der Waals surface area contributed by atoms with E-state index < -0.39 is 35.3 Å². The van der Waals surface area contributed by atoms with Crippen LogP contribution in [0, 0.1) is 29.4 Å². The van der Waals surface area contributed by atoms with Crippen LogP contribution in [0.15, 0.2) is 30.3 Å². The first-order valence-corrected chi connectivity index (χ1v) is 6.90. The van der Waals surface area contributed by atoms with Crippen molar-refractivity contribution in [3.8, 4) is 0 Å². The van der Waals surface area contributed by atoms with Gasteiger partial charge in [0.15, 0.2) is 0 Å². The molecule has 0 bridgehead atoms. The fourth-order valence-corrected chi connectivity index (χ4v) is 2.12. The first-order valence-electron chi connectivity index (χ1n) is 6.90. The summed E-state index contributed by atoms with van der Waals surface area (Å²) in [5.74, 6) is -6.37. The fraction of sp³-hybridized carbons (Fsp3) is 0.312. The van der Waals surface area contributed by atoms with Crippen LogP contribution in [0.25, 0.3) is 0 Å². The normalized spacial score (nSPS) is 12.0. The molecule has 23 heavy (non-hydrogen) atoms. The molecule has 2 nitrogen and oxygen atoms in total. The SMILES string of the molecule is CC(C)[C@H](Cc1ccccc1)Nc1c(F)c(F)nc(F)c1F.S. The van der Waals surface area contributed by atoms with Crippen LogP contribution in [0.4, 0.5) is 23.2 Å². The van der Waals surface area contributed by atoms with Gasteiger partial charge in [0.1, 0.15) is 5.69 Å². The summed E-state index contributed by atoms with van der Waals surface area (Å²) in [6.07, 6.45) is 0.461. The summed E-state index contributed by atoms with van der Waals surface area (Å²) >= 11 is 0. The molecule has 0 fully saturated rings. The number of nitrogens with zero attached hydrogens (tertiary/aromatic N) is 1. The van der Waals surface area contributed by atoms with Gasteiger partial charge in [-0.2, -0.15) is 36.0 Å². The molecule has 0 saturated carbocycles. The third-order valence-electron chi connectivity index (χ3n) is 3.43. The predicted octanol–water partition coefficient (Wildman–Crippen LogP) is 4.43. The van der Waals surface area contributed by atoms with Crippen molar-refractivity contribution < 1.29 is 17.6 Å². The second-order valence-electron chi connectivity index (χ2n) is 5.38. The van der Waals surface area contributed by atoms with Gasteiger partial charge in [-0.1, -0.05) is 44.2 Å². The van der Waals surface area contributed by atoms with Gasteiger partial charge in [0.05, 0.1) is 0 Å². The Morgan fingerprint density at radius 2 is 1.48 bits per heavy atom. The van der Waals surface area contributed by atoms with E-state index in [0.29, 0.717) is 6.42 Å². The third kappa shape index (κ3) is 4.60. The first kappa shape index (κ1) is 19.3. The number of rotatable bonds is 5. The molecule has 1 atom stereocenters. The molecule has 0 spiro atoms. The number of halogens is 4. The average Bonchev–Trinajstić information content (AvgIpc) is 2.49. The van der Waals surface area contributed by atoms with E-state index >= 15 is 0 Å². The Labute approximate surface area is 139 Å². The molecule has 1 N–H and O–H groups in total. The van der Waals surface area contributed by atoms with Gasteiger partial charge in [-0.3, -0.25) is 0 Å². The maximum Gasteiger partial charge on any atom is 0.253 e. The zero-order chi connectivity index (χ0) is 16.3. The Morgan fingerprint density at radius 3 is 1.96 bits per heavy atom. The molecule has 0 aliphatic carbocycles. The van der Waals surface area contributed by atoms with Crippen molar-refractivity contribution in [2.45, 2.75) is 26.3 Å². The maximum atomic E-state index is 13.7. The highest BCUT2D eigenvalue weighted by Crippen LogP contribution is 2.25. The van der Waals surface area contributed by atoms with Crippen LogP contribution in [0.3, 0.4) is 0 Å². The molecule has 2 rings (SSSR count). The molecule has 0 aliphatic rings. The van der Waals surface area contributed by atoms with Gasteiger partial charge >= 0.3 is 0 Å². The van der Waals surface area contributed by atoms with Gasteiger partial charge in [-0.05, 0) is 17.9 Å². The van der Waals surface area contributed by atoms with Crippen LogP contribution in [-0.2, 0) is 6.42 Å². The molecule has 0 radical (unpaired) electrons. The van der Waals surface area contributed by atoms with E-state index in [9.17, 15) is 17.6 Å². The Hall–Kier alpha value is -1.76. The van der Waals surface area contributed by atoms with E-state index in [0.717, 1.165) is 5.56 Å². The number of nitrogens with one attached hydrogen (secondary N) is 1. The van der Waals surface area contributed by atoms with E-state index in [1.807, 2.05) is 44.2 Å². The van der Waals surface area contributed by atoms with Crippen molar-refractivity contribution in [2.75, 3.05) is 5.32 Å². The Balaban J connectivity index is 0.00000264.